The molecular weight excluding hydrogens is 380 g/mol. The number of nitrogens with one attached hydrogen (secondary N) is 1. The number of rotatable bonds is 8. The molecule has 6 nitrogen and oxygen atoms in total. The Morgan fingerprint density at radius 3 is 2.43 bits per heavy atom. The third kappa shape index (κ3) is 5.69. The number of hydrogen-bond acceptors (Lipinski definition) is 5. The van der Waals surface area contributed by atoms with Crippen molar-refractivity contribution in [2.45, 2.75) is 25.8 Å². The summed E-state index contributed by atoms with van der Waals surface area (Å²) in [6.45, 7) is 4.33. The van der Waals surface area contributed by atoms with E-state index >= 15 is 0 Å². The van der Waals surface area contributed by atoms with Gasteiger partial charge in [-0.05, 0) is 67.8 Å². The molecule has 1 saturated heterocycles. The lowest BCUT2D eigenvalue weighted by Gasteiger charge is -2.33. The van der Waals surface area contributed by atoms with Crippen molar-refractivity contribution in [1.82, 2.24) is 5.32 Å². The van der Waals surface area contributed by atoms with Crippen LogP contribution in [0, 0.1) is 0 Å². The van der Waals surface area contributed by atoms with Crippen LogP contribution in [0.1, 0.15) is 25.3 Å². The van der Waals surface area contributed by atoms with Crippen LogP contribution in [-0.4, -0.2) is 45.9 Å². The Bertz CT molecular complexity index is 856. The van der Waals surface area contributed by atoms with Crippen LogP contribution in [0.5, 0.6) is 17.2 Å². The molecule has 2 aromatic carbocycles. The van der Waals surface area contributed by atoms with Crippen molar-refractivity contribution in [3.63, 3.8) is 0 Å². The highest BCUT2D eigenvalue weighted by Crippen LogP contribution is 2.28. The van der Waals surface area contributed by atoms with Crippen LogP contribution in [0.15, 0.2) is 48.5 Å². The summed E-state index contributed by atoms with van der Waals surface area (Å²) in [5, 5.41) is 3.11. The van der Waals surface area contributed by atoms with E-state index in [2.05, 4.69) is 22.3 Å². The van der Waals surface area contributed by atoms with Gasteiger partial charge < -0.3 is 24.4 Å². The lowest BCUT2D eigenvalue weighted by molar-refractivity contribution is -0.117. The highest BCUT2D eigenvalue weighted by molar-refractivity contribution is 5.92. The monoisotopic (exact) mass is 410 g/mol. The van der Waals surface area contributed by atoms with Crippen LogP contribution < -0.4 is 24.4 Å². The first-order chi connectivity index (χ1) is 14.6. The quantitative estimate of drug-likeness (QED) is 0.669. The molecule has 1 aliphatic heterocycles. The zero-order valence-electron chi connectivity index (χ0n) is 17.9. The summed E-state index contributed by atoms with van der Waals surface area (Å²) >= 11 is 0. The Labute approximate surface area is 178 Å². The molecule has 0 spiro atoms. The summed E-state index contributed by atoms with van der Waals surface area (Å²) in [5.74, 6) is 2.14. The molecule has 1 amide bonds. The van der Waals surface area contributed by atoms with Crippen molar-refractivity contribution in [1.29, 1.82) is 0 Å². The molecule has 1 aliphatic rings. The Balaban J connectivity index is 1.49. The number of carbonyl (C=O) groups excluding carboxylic acids is 1. The molecule has 0 aromatic heterocycles. The van der Waals surface area contributed by atoms with E-state index in [1.54, 1.807) is 26.4 Å². The first-order valence-electron chi connectivity index (χ1n) is 10.3. The van der Waals surface area contributed by atoms with Crippen molar-refractivity contribution in [3.8, 4) is 17.2 Å². The SMILES string of the molecule is CCOc1ccc(/C=C/C(=O)NC2CCN(c3ccc(OC)cc3)CC2)cc1OC. The number of carbonyl (C=O) groups is 1. The largest absolute Gasteiger partial charge is 0.497 e. The van der Waals surface area contributed by atoms with Crippen LogP contribution in [-0.2, 0) is 4.79 Å². The Morgan fingerprint density at radius 1 is 1.07 bits per heavy atom. The van der Waals surface area contributed by atoms with Crippen LogP contribution in [0.2, 0.25) is 0 Å². The highest BCUT2D eigenvalue weighted by atomic mass is 16.5. The third-order valence-corrected chi connectivity index (χ3v) is 5.19. The standard InChI is InChI=1S/C24H30N2O4/c1-4-30-22-11-5-18(17-23(22)29-3)6-12-24(27)25-19-13-15-26(16-14-19)20-7-9-21(28-2)10-8-20/h5-12,17,19H,4,13-16H2,1-3H3,(H,25,27)/b12-6+. The Hall–Kier alpha value is -3.15. The number of anilines is 1. The molecule has 1 heterocycles. The fraction of sp³-hybridized carbons (Fsp3) is 0.375. The molecule has 0 radical (unpaired) electrons. The second kappa shape index (κ2) is 10.6. The average molecular weight is 411 g/mol. The lowest BCUT2D eigenvalue weighted by atomic mass is 10.0. The van der Waals surface area contributed by atoms with Crippen molar-refractivity contribution >= 4 is 17.7 Å². The molecule has 0 saturated carbocycles. The summed E-state index contributed by atoms with van der Waals surface area (Å²) in [5.41, 5.74) is 2.07. The normalized spacial score (nSPS) is 14.6. The van der Waals surface area contributed by atoms with Gasteiger partial charge in [0.25, 0.3) is 0 Å². The highest BCUT2D eigenvalue weighted by Gasteiger charge is 2.20. The molecule has 0 aliphatic carbocycles. The molecule has 1 fully saturated rings. The van der Waals surface area contributed by atoms with E-state index < -0.39 is 0 Å². The maximum absolute atomic E-state index is 12.3. The zero-order valence-corrected chi connectivity index (χ0v) is 17.9. The fourth-order valence-electron chi connectivity index (χ4n) is 3.56. The van der Waals surface area contributed by atoms with Crippen molar-refractivity contribution < 1.29 is 19.0 Å². The van der Waals surface area contributed by atoms with Gasteiger partial charge >= 0.3 is 0 Å². The van der Waals surface area contributed by atoms with E-state index in [0.29, 0.717) is 18.1 Å². The van der Waals surface area contributed by atoms with Gasteiger partial charge in [-0.25, -0.2) is 0 Å². The summed E-state index contributed by atoms with van der Waals surface area (Å²) in [6.07, 6.45) is 5.20. The Kier molecular flexibility index (Phi) is 7.60. The first kappa shape index (κ1) is 21.6. The molecule has 6 heteroatoms. The molecular formula is C24H30N2O4. The van der Waals surface area contributed by atoms with Crippen molar-refractivity contribution in [2.75, 3.05) is 38.8 Å². The Morgan fingerprint density at radius 2 is 1.80 bits per heavy atom. The zero-order chi connectivity index (χ0) is 21.3. The van der Waals surface area contributed by atoms with Gasteiger partial charge in [0.2, 0.25) is 5.91 Å². The van der Waals surface area contributed by atoms with E-state index in [1.807, 2.05) is 37.3 Å². The number of methoxy groups -OCH3 is 2. The van der Waals surface area contributed by atoms with E-state index in [0.717, 1.165) is 37.2 Å². The number of amides is 1. The number of piperidine rings is 1. The first-order valence-corrected chi connectivity index (χ1v) is 10.3. The maximum Gasteiger partial charge on any atom is 0.244 e. The predicted molar refractivity (Wildman–Crippen MR) is 120 cm³/mol. The van der Waals surface area contributed by atoms with Crippen LogP contribution in [0.25, 0.3) is 6.08 Å². The average Bonchev–Trinajstić information content (AvgIpc) is 2.79. The number of ether oxygens (including phenoxy) is 3. The maximum atomic E-state index is 12.3. The summed E-state index contributed by atoms with van der Waals surface area (Å²) < 4.78 is 16.1. The molecule has 1 N–H and O–H groups in total. The molecule has 0 unspecified atom stereocenters. The lowest BCUT2D eigenvalue weighted by Crippen LogP contribution is -2.44. The molecule has 3 rings (SSSR count). The molecule has 160 valence electrons. The van der Waals surface area contributed by atoms with Gasteiger partial charge in [-0.15, -0.1) is 0 Å². The van der Waals surface area contributed by atoms with Gasteiger partial charge in [0.1, 0.15) is 5.75 Å². The van der Waals surface area contributed by atoms with Crippen LogP contribution >= 0.6 is 0 Å². The second-order valence-corrected chi connectivity index (χ2v) is 7.14. The number of benzene rings is 2. The minimum Gasteiger partial charge on any atom is -0.497 e. The summed E-state index contributed by atoms with van der Waals surface area (Å²) in [7, 11) is 3.28. The summed E-state index contributed by atoms with van der Waals surface area (Å²) in [6, 6.07) is 13.9. The van der Waals surface area contributed by atoms with Gasteiger partial charge in [-0.1, -0.05) is 6.07 Å². The number of nitrogens with zero attached hydrogens (tertiary/aromatic N) is 1. The van der Waals surface area contributed by atoms with Gasteiger partial charge in [-0.3, -0.25) is 4.79 Å². The van der Waals surface area contributed by atoms with Gasteiger partial charge in [0.15, 0.2) is 11.5 Å². The molecule has 0 atom stereocenters. The molecule has 30 heavy (non-hydrogen) atoms. The van der Waals surface area contributed by atoms with Gasteiger partial charge in [-0.2, -0.15) is 0 Å². The summed E-state index contributed by atoms with van der Waals surface area (Å²) in [4.78, 5) is 14.7. The van der Waals surface area contributed by atoms with Crippen molar-refractivity contribution in [3.05, 3.63) is 54.1 Å². The minimum atomic E-state index is -0.0780. The van der Waals surface area contributed by atoms with Crippen LogP contribution in [0.4, 0.5) is 5.69 Å². The van der Waals surface area contributed by atoms with E-state index in [-0.39, 0.29) is 11.9 Å². The predicted octanol–water partition coefficient (Wildman–Crippen LogP) is 3.90. The van der Waals surface area contributed by atoms with Gasteiger partial charge in [0, 0.05) is 30.9 Å². The fourth-order valence-corrected chi connectivity index (χ4v) is 3.56. The molecule has 0 bridgehead atoms. The minimum absolute atomic E-state index is 0.0780. The van der Waals surface area contributed by atoms with E-state index in [9.17, 15) is 4.79 Å². The van der Waals surface area contributed by atoms with Crippen LogP contribution in [0.3, 0.4) is 0 Å². The van der Waals surface area contributed by atoms with E-state index in [1.165, 1.54) is 5.69 Å². The topological polar surface area (TPSA) is 60.0 Å². The number of hydrogen-bond donors (Lipinski definition) is 1. The smallest absolute Gasteiger partial charge is 0.244 e. The molecule has 2 aromatic rings. The van der Waals surface area contributed by atoms with E-state index in [4.69, 9.17) is 14.2 Å². The van der Waals surface area contributed by atoms with Crippen molar-refractivity contribution in [2.24, 2.45) is 0 Å². The van der Waals surface area contributed by atoms with Gasteiger partial charge in [0.05, 0.1) is 20.8 Å². The third-order valence-electron chi connectivity index (χ3n) is 5.19. The second-order valence-electron chi connectivity index (χ2n) is 7.14.